The summed E-state index contributed by atoms with van der Waals surface area (Å²) in [5.74, 6) is 1.01. The molecule has 1 aromatic carbocycles. The van der Waals surface area contributed by atoms with Crippen LogP contribution in [0.1, 0.15) is 55.6 Å². The first-order chi connectivity index (χ1) is 11.5. The summed E-state index contributed by atoms with van der Waals surface area (Å²) >= 11 is 0. The molecule has 0 atom stereocenters. The van der Waals surface area contributed by atoms with Gasteiger partial charge < -0.3 is 10.2 Å². The minimum atomic E-state index is -0.222. The number of benzene rings is 1. The lowest BCUT2D eigenvalue weighted by atomic mass is 10.0. The number of carbonyl (C=O) groups is 1. The van der Waals surface area contributed by atoms with Crippen LogP contribution in [0.25, 0.3) is 0 Å². The zero-order valence-corrected chi connectivity index (χ0v) is 14.9. The highest BCUT2D eigenvalue weighted by Gasteiger charge is 2.11. The van der Waals surface area contributed by atoms with E-state index in [-0.39, 0.29) is 5.91 Å². The molecule has 0 fully saturated rings. The maximum atomic E-state index is 12.4. The van der Waals surface area contributed by atoms with Crippen molar-refractivity contribution in [3.8, 4) is 0 Å². The van der Waals surface area contributed by atoms with Crippen molar-refractivity contribution < 1.29 is 4.79 Å². The highest BCUT2D eigenvalue weighted by molar-refractivity contribution is 6.03. The topological polar surface area (TPSA) is 58.1 Å². The molecule has 128 valence electrons. The molecule has 0 saturated heterocycles. The largest absolute Gasteiger partial charge is 0.360 e. The molecule has 24 heavy (non-hydrogen) atoms. The van der Waals surface area contributed by atoms with Gasteiger partial charge in [0.25, 0.3) is 5.91 Å². The van der Waals surface area contributed by atoms with Crippen molar-refractivity contribution in [3.05, 3.63) is 47.9 Å². The molecule has 1 aromatic heterocycles. The highest BCUT2D eigenvalue weighted by atomic mass is 16.1. The lowest BCUT2D eigenvalue weighted by molar-refractivity contribution is 0.102. The van der Waals surface area contributed by atoms with Gasteiger partial charge in [0.2, 0.25) is 0 Å². The van der Waals surface area contributed by atoms with Gasteiger partial charge in [0, 0.05) is 25.3 Å². The molecule has 0 aliphatic carbocycles. The summed E-state index contributed by atoms with van der Waals surface area (Å²) in [6, 6.07) is 9.63. The number of hydrogen-bond acceptors (Lipinski definition) is 4. The van der Waals surface area contributed by atoms with Gasteiger partial charge in [-0.25, -0.2) is 9.97 Å². The average Bonchev–Trinajstić information content (AvgIpc) is 2.60. The standard InChI is InChI=1S/C19H26N4O/c1-5-6-11-23(4)18-12-17(20-13-21-18)19(24)22-16-9-7-15(8-10-16)14(2)3/h7-10,12-14H,5-6,11H2,1-4H3,(H,22,24). The quantitative estimate of drug-likeness (QED) is 0.832. The molecular weight excluding hydrogens is 300 g/mol. The van der Waals surface area contributed by atoms with Crippen LogP contribution >= 0.6 is 0 Å². The van der Waals surface area contributed by atoms with E-state index in [0.717, 1.165) is 30.9 Å². The number of nitrogens with one attached hydrogen (secondary N) is 1. The fraction of sp³-hybridized carbons (Fsp3) is 0.421. The molecule has 5 nitrogen and oxygen atoms in total. The van der Waals surface area contributed by atoms with E-state index >= 15 is 0 Å². The van der Waals surface area contributed by atoms with Crippen LogP contribution in [0.15, 0.2) is 36.7 Å². The Kier molecular flexibility index (Phi) is 6.29. The van der Waals surface area contributed by atoms with Crippen molar-refractivity contribution >= 4 is 17.4 Å². The highest BCUT2D eigenvalue weighted by Crippen LogP contribution is 2.18. The number of hydrogen-bond donors (Lipinski definition) is 1. The van der Waals surface area contributed by atoms with Crippen LogP contribution in [-0.2, 0) is 0 Å². The van der Waals surface area contributed by atoms with E-state index in [1.165, 1.54) is 11.9 Å². The Morgan fingerprint density at radius 3 is 2.54 bits per heavy atom. The second-order valence-electron chi connectivity index (χ2n) is 6.27. The van der Waals surface area contributed by atoms with Crippen molar-refractivity contribution in [1.82, 2.24) is 9.97 Å². The predicted octanol–water partition coefficient (Wildman–Crippen LogP) is 4.09. The molecule has 0 saturated carbocycles. The van der Waals surface area contributed by atoms with E-state index in [9.17, 15) is 4.79 Å². The SMILES string of the molecule is CCCCN(C)c1cc(C(=O)Nc2ccc(C(C)C)cc2)ncn1. The Morgan fingerprint density at radius 1 is 1.21 bits per heavy atom. The average molecular weight is 326 g/mol. The van der Waals surface area contributed by atoms with E-state index < -0.39 is 0 Å². The second-order valence-corrected chi connectivity index (χ2v) is 6.27. The Balaban J connectivity index is 2.06. The monoisotopic (exact) mass is 326 g/mol. The third-order valence-corrected chi connectivity index (χ3v) is 3.96. The first-order valence-electron chi connectivity index (χ1n) is 8.45. The Labute approximate surface area is 144 Å². The fourth-order valence-corrected chi connectivity index (χ4v) is 2.34. The normalized spacial score (nSPS) is 10.7. The van der Waals surface area contributed by atoms with Crippen molar-refractivity contribution in [3.63, 3.8) is 0 Å². The molecule has 0 aliphatic rings. The first-order valence-corrected chi connectivity index (χ1v) is 8.45. The van der Waals surface area contributed by atoms with E-state index in [1.807, 2.05) is 36.2 Å². The van der Waals surface area contributed by atoms with Crippen LogP contribution in [-0.4, -0.2) is 29.5 Å². The smallest absolute Gasteiger partial charge is 0.274 e. The number of amides is 1. The molecule has 5 heteroatoms. The van der Waals surface area contributed by atoms with Crippen molar-refractivity contribution in [2.45, 2.75) is 39.5 Å². The van der Waals surface area contributed by atoms with Crippen LogP contribution in [0.3, 0.4) is 0 Å². The lowest BCUT2D eigenvalue weighted by Crippen LogP contribution is -2.21. The fourth-order valence-electron chi connectivity index (χ4n) is 2.34. The van der Waals surface area contributed by atoms with Crippen LogP contribution in [0.2, 0.25) is 0 Å². The van der Waals surface area contributed by atoms with Crippen LogP contribution in [0.4, 0.5) is 11.5 Å². The second kappa shape index (κ2) is 8.43. The number of unbranched alkanes of at least 4 members (excludes halogenated alkanes) is 1. The van der Waals surface area contributed by atoms with Crippen LogP contribution < -0.4 is 10.2 Å². The van der Waals surface area contributed by atoms with Gasteiger partial charge in [-0.2, -0.15) is 0 Å². The summed E-state index contributed by atoms with van der Waals surface area (Å²) in [4.78, 5) is 22.8. The third kappa shape index (κ3) is 4.78. The predicted molar refractivity (Wildman–Crippen MR) is 98.7 cm³/mol. The van der Waals surface area contributed by atoms with Gasteiger partial charge in [-0.3, -0.25) is 4.79 Å². The molecule has 0 aliphatic heterocycles. The van der Waals surface area contributed by atoms with E-state index in [4.69, 9.17) is 0 Å². The molecule has 1 amide bonds. The summed E-state index contributed by atoms with van der Waals surface area (Å²) in [6.45, 7) is 7.35. The minimum absolute atomic E-state index is 0.222. The van der Waals surface area contributed by atoms with Gasteiger partial charge >= 0.3 is 0 Å². The summed E-state index contributed by atoms with van der Waals surface area (Å²) in [6.07, 6.45) is 3.65. The first kappa shape index (κ1) is 17.9. The number of rotatable bonds is 7. The molecule has 2 rings (SSSR count). The third-order valence-electron chi connectivity index (χ3n) is 3.96. The number of anilines is 2. The summed E-state index contributed by atoms with van der Waals surface area (Å²) < 4.78 is 0. The maximum absolute atomic E-state index is 12.4. The number of aromatic nitrogens is 2. The summed E-state index contributed by atoms with van der Waals surface area (Å²) in [5.41, 5.74) is 2.38. The van der Waals surface area contributed by atoms with E-state index in [1.54, 1.807) is 6.07 Å². The molecule has 0 radical (unpaired) electrons. The van der Waals surface area contributed by atoms with Gasteiger partial charge in [-0.1, -0.05) is 39.3 Å². The molecule has 2 aromatic rings. The molecule has 0 bridgehead atoms. The van der Waals surface area contributed by atoms with Gasteiger partial charge in [0.05, 0.1) is 0 Å². The molecule has 1 N–H and O–H groups in total. The Bertz CT molecular complexity index is 667. The molecular formula is C19H26N4O. The van der Waals surface area contributed by atoms with Gasteiger partial charge in [-0.15, -0.1) is 0 Å². The van der Waals surface area contributed by atoms with Crippen LogP contribution in [0, 0.1) is 0 Å². The van der Waals surface area contributed by atoms with E-state index in [2.05, 4.69) is 36.1 Å². The number of nitrogens with zero attached hydrogens (tertiary/aromatic N) is 3. The minimum Gasteiger partial charge on any atom is -0.360 e. The molecule has 0 unspecified atom stereocenters. The van der Waals surface area contributed by atoms with Crippen LogP contribution in [0.5, 0.6) is 0 Å². The lowest BCUT2D eigenvalue weighted by Gasteiger charge is -2.17. The van der Waals surface area contributed by atoms with E-state index in [0.29, 0.717) is 11.6 Å². The van der Waals surface area contributed by atoms with Gasteiger partial charge in [0.1, 0.15) is 17.8 Å². The maximum Gasteiger partial charge on any atom is 0.274 e. The Hall–Kier alpha value is -2.43. The van der Waals surface area contributed by atoms with Crippen molar-refractivity contribution in [2.75, 3.05) is 23.8 Å². The zero-order chi connectivity index (χ0) is 17.5. The number of carbonyl (C=O) groups excluding carboxylic acids is 1. The molecule has 0 spiro atoms. The summed E-state index contributed by atoms with van der Waals surface area (Å²) in [5, 5.41) is 2.89. The zero-order valence-electron chi connectivity index (χ0n) is 14.9. The Morgan fingerprint density at radius 2 is 1.92 bits per heavy atom. The van der Waals surface area contributed by atoms with Gasteiger partial charge in [0.15, 0.2) is 0 Å². The molecule has 1 heterocycles. The van der Waals surface area contributed by atoms with Crippen molar-refractivity contribution in [1.29, 1.82) is 0 Å². The van der Waals surface area contributed by atoms with Crippen molar-refractivity contribution in [2.24, 2.45) is 0 Å². The van der Waals surface area contributed by atoms with Gasteiger partial charge in [-0.05, 0) is 30.0 Å². The summed E-state index contributed by atoms with van der Waals surface area (Å²) in [7, 11) is 1.98.